The number of nitrogens with zero attached hydrogens (tertiary/aromatic N) is 1. The number of ether oxygens (including phenoxy) is 1. The SMILES string of the molecule is CCCCN(C(=O)C1(C)Cc2ccccc2C(=O)O1)c1ccccc1. The highest BCUT2D eigenvalue weighted by atomic mass is 16.6. The lowest BCUT2D eigenvalue weighted by Gasteiger charge is -2.37. The van der Waals surface area contributed by atoms with E-state index in [1.54, 1.807) is 17.9 Å². The number of anilines is 1. The maximum Gasteiger partial charge on any atom is 0.339 e. The molecule has 0 radical (unpaired) electrons. The van der Waals surface area contributed by atoms with Crippen molar-refractivity contribution in [3.05, 3.63) is 65.7 Å². The molecule has 1 aliphatic heterocycles. The van der Waals surface area contributed by atoms with E-state index in [1.165, 1.54) is 0 Å². The van der Waals surface area contributed by atoms with Crippen LogP contribution in [0.15, 0.2) is 54.6 Å². The van der Waals surface area contributed by atoms with E-state index in [4.69, 9.17) is 4.74 Å². The van der Waals surface area contributed by atoms with Crippen molar-refractivity contribution in [3.63, 3.8) is 0 Å². The van der Waals surface area contributed by atoms with E-state index < -0.39 is 11.6 Å². The van der Waals surface area contributed by atoms with Crippen molar-refractivity contribution in [2.45, 2.75) is 38.7 Å². The van der Waals surface area contributed by atoms with Gasteiger partial charge in [-0.15, -0.1) is 0 Å². The highest BCUT2D eigenvalue weighted by Crippen LogP contribution is 2.31. The molecule has 2 aromatic carbocycles. The molecule has 0 saturated carbocycles. The highest BCUT2D eigenvalue weighted by Gasteiger charge is 2.45. The minimum atomic E-state index is -1.19. The minimum Gasteiger partial charge on any atom is -0.445 e. The van der Waals surface area contributed by atoms with Crippen LogP contribution >= 0.6 is 0 Å². The first-order valence-electron chi connectivity index (χ1n) is 8.73. The van der Waals surface area contributed by atoms with Gasteiger partial charge in [0, 0.05) is 18.7 Å². The number of carbonyl (C=O) groups excluding carboxylic acids is 2. The van der Waals surface area contributed by atoms with Gasteiger partial charge in [0.2, 0.25) is 0 Å². The molecule has 1 heterocycles. The Kier molecular flexibility index (Phi) is 4.88. The summed E-state index contributed by atoms with van der Waals surface area (Å²) in [4.78, 5) is 27.5. The molecule has 1 amide bonds. The van der Waals surface area contributed by atoms with Crippen LogP contribution in [0.4, 0.5) is 5.69 Å². The first-order valence-corrected chi connectivity index (χ1v) is 8.73. The van der Waals surface area contributed by atoms with Crippen molar-refractivity contribution in [3.8, 4) is 0 Å². The number of benzene rings is 2. The van der Waals surface area contributed by atoms with Gasteiger partial charge in [0.25, 0.3) is 5.91 Å². The third-order valence-corrected chi connectivity index (χ3v) is 4.58. The third kappa shape index (κ3) is 3.43. The largest absolute Gasteiger partial charge is 0.445 e. The van der Waals surface area contributed by atoms with Gasteiger partial charge in [-0.1, -0.05) is 49.7 Å². The lowest BCUT2D eigenvalue weighted by molar-refractivity contribution is -0.136. The van der Waals surface area contributed by atoms with Gasteiger partial charge < -0.3 is 9.64 Å². The average molecular weight is 337 g/mol. The van der Waals surface area contributed by atoms with Gasteiger partial charge in [-0.3, -0.25) is 4.79 Å². The maximum atomic E-state index is 13.3. The molecular weight excluding hydrogens is 314 g/mol. The molecule has 0 spiro atoms. The van der Waals surface area contributed by atoms with Crippen molar-refractivity contribution >= 4 is 17.6 Å². The smallest absolute Gasteiger partial charge is 0.339 e. The molecule has 0 N–H and O–H groups in total. The number of cyclic esters (lactones) is 1. The van der Waals surface area contributed by atoms with Crippen LogP contribution in [-0.2, 0) is 16.0 Å². The van der Waals surface area contributed by atoms with Gasteiger partial charge in [0.15, 0.2) is 5.60 Å². The number of esters is 1. The molecule has 1 aliphatic rings. The first-order chi connectivity index (χ1) is 12.0. The lowest BCUT2D eigenvalue weighted by Crippen LogP contribution is -2.53. The van der Waals surface area contributed by atoms with Crippen molar-refractivity contribution in [2.75, 3.05) is 11.4 Å². The Hall–Kier alpha value is -2.62. The van der Waals surface area contributed by atoms with Crippen LogP contribution in [0.25, 0.3) is 0 Å². The molecular formula is C21H23NO3. The number of carbonyl (C=O) groups is 2. The van der Waals surface area contributed by atoms with E-state index in [0.717, 1.165) is 24.1 Å². The maximum absolute atomic E-state index is 13.3. The average Bonchev–Trinajstić information content (AvgIpc) is 2.62. The van der Waals surface area contributed by atoms with Crippen LogP contribution in [0.1, 0.15) is 42.6 Å². The van der Waals surface area contributed by atoms with Crippen LogP contribution in [0.3, 0.4) is 0 Å². The Morgan fingerprint density at radius 3 is 2.52 bits per heavy atom. The summed E-state index contributed by atoms with van der Waals surface area (Å²) in [7, 11) is 0. The van der Waals surface area contributed by atoms with Gasteiger partial charge in [-0.05, 0) is 37.1 Å². The third-order valence-electron chi connectivity index (χ3n) is 4.58. The molecule has 130 valence electrons. The summed E-state index contributed by atoms with van der Waals surface area (Å²) >= 11 is 0. The summed E-state index contributed by atoms with van der Waals surface area (Å²) in [6, 6.07) is 16.9. The molecule has 3 rings (SSSR count). The lowest BCUT2D eigenvalue weighted by atomic mass is 9.88. The van der Waals surface area contributed by atoms with Gasteiger partial charge in [-0.25, -0.2) is 4.79 Å². The first kappa shape index (κ1) is 17.2. The molecule has 25 heavy (non-hydrogen) atoms. The predicted octanol–water partition coefficient (Wildman–Crippen LogP) is 3.99. The zero-order valence-corrected chi connectivity index (χ0v) is 14.7. The van der Waals surface area contributed by atoms with E-state index in [9.17, 15) is 9.59 Å². The number of hydrogen-bond donors (Lipinski definition) is 0. The molecule has 2 aromatic rings. The number of unbranched alkanes of at least 4 members (excludes halogenated alkanes) is 1. The Morgan fingerprint density at radius 1 is 1.12 bits per heavy atom. The fraction of sp³-hybridized carbons (Fsp3) is 0.333. The molecule has 1 atom stereocenters. The van der Waals surface area contributed by atoms with E-state index in [1.807, 2.05) is 48.5 Å². The second kappa shape index (κ2) is 7.09. The predicted molar refractivity (Wildman–Crippen MR) is 97.7 cm³/mol. The molecule has 0 aromatic heterocycles. The normalized spacial score (nSPS) is 19.0. The molecule has 4 nitrogen and oxygen atoms in total. The standard InChI is InChI=1S/C21H23NO3/c1-3-4-14-22(17-11-6-5-7-12-17)20(24)21(2)15-16-10-8-9-13-18(16)19(23)25-21/h5-13H,3-4,14-15H2,1-2H3. The quantitative estimate of drug-likeness (QED) is 0.775. The van der Waals surface area contributed by atoms with Gasteiger partial charge in [0.05, 0.1) is 5.56 Å². The van der Waals surface area contributed by atoms with E-state index in [-0.39, 0.29) is 5.91 Å². The number of hydrogen-bond acceptors (Lipinski definition) is 3. The molecule has 0 saturated heterocycles. The van der Waals surface area contributed by atoms with Gasteiger partial charge in [0.1, 0.15) is 0 Å². The summed E-state index contributed by atoms with van der Waals surface area (Å²) < 4.78 is 5.61. The number of para-hydroxylation sites is 1. The Morgan fingerprint density at radius 2 is 1.80 bits per heavy atom. The van der Waals surface area contributed by atoms with Crippen molar-refractivity contribution < 1.29 is 14.3 Å². The Labute approximate surface area is 148 Å². The summed E-state index contributed by atoms with van der Waals surface area (Å²) in [5.74, 6) is -0.601. The van der Waals surface area contributed by atoms with Crippen LogP contribution < -0.4 is 4.90 Å². The summed E-state index contributed by atoms with van der Waals surface area (Å²) in [5.41, 5.74) is 1.05. The minimum absolute atomic E-state index is 0.171. The molecule has 4 heteroatoms. The number of fused-ring (bicyclic) bond motifs is 1. The Bertz CT molecular complexity index is 772. The van der Waals surface area contributed by atoms with E-state index in [2.05, 4.69) is 6.92 Å². The number of amides is 1. The zero-order valence-electron chi connectivity index (χ0n) is 14.7. The highest BCUT2D eigenvalue weighted by molar-refractivity contribution is 6.03. The fourth-order valence-electron chi connectivity index (χ4n) is 3.21. The van der Waals surface area contributed by atoms with Gasteiger partial charge in [-0.2, -0.15) is 0 Å². The second-order valence-corrected chi connectivity index (χ2v) is 6.60. The molecule has 0 bridgehead atoms. The topological polar surface area (TPSA) is 46.6 Å². The summed E-state index contributed by atoms with van der Waals surface area (Å²) in [5, 5.41) is 0. The monoisotopic (exact) mass is 337 g/mol. The molecule has 1 unspecified atom stereocenters. The van der Waals surface area contributed by atoms with Crippen LogP contribution in [0.5, 0.6) is 0 Å². The molecule has 0 aliphatic carbocycles. The van der Waals surface area contributed by atoms with E-state index >= 15 is 0 Å². The van der Waals surface area contributed by atoms with Crippen LogP contribution in [-0.4, -0.2) is 24.0 Å². The fourth-order valence-corrected chi connectivity index (χ4v) is 3.21. The number of rotatable bonds is 5. The molecule has 0 fully saturated rings. The van der Waals surface area contributed by atoms with Crippen LogP contribution in [0, 0.1) is 0 Å². The zero-order chi connectivity index (χ0) is 17.9. The van der Waals surface area contributed by atoms with Crippen molar-refractivity contribution in [1.82, 2.24) is 0 Å². The van der Waals surface area contributed by atoms with E-state index in [0.29, 0.717) is 18.5 Å². The second-order valence-electron chi connectivity index (χ2n) is 6.60. The van der Waals surface area contributed by atoms with Crippen molar-refractivity contribution in [2.24, 2.45) is 0 Å². The van der Waals surface area contributed by atoms with Crippen LogP contribution in [0.2, 0.25) is 0 Å². The van der Waals surface area contributed by atoms with Gasteiger partial charge >= 0.3 is 5.97 Å². The Balaban J connectivity index is 1.93. The summed E-state index contributed by atoms with van der Waals surface area (Å²) in [6.07, 6.45) is 2.26. The van der Waals surface area contributed by atoms with Crippen molar-refractivity contribution in [1.29, 1.82) is 0 Å². The summed E-state index contributed by atoms with van der Waals surface area (Å²) in [6.45, 7) is 4.41.